The van der Waals surface area contributed by atoms with E-state index in [0.29, 0.717) is 25.9 Å². The summed E-state index contributed by atoms with van der Waals surface area (Å²) in [4.78, 5) is 25.9. The van der Waals surface area contributed by atoms with Gasteiger partial charge in [0.25, 0.3) is 0 Å². The summed E-state index contributed by atoms with van der Waals surface area (Å²) in [5.74, 6) is -1.88. The van der Waals surface area contributed by atoms with Crippen LogP contribution in [0.15, 0.2) is 36.4 Å². The number of carbonyl (C=O) groups is 2. The molecule has 110 valence electrons. The number of allylic oxidation sites excluding steroid dienone is 2. The van der Waals surface area contributed by atoms with Gasteiger partial charge in [-0.3, -0.25) is 9.59 Å². The highest BCUT2D eigenvalue weighted by atomic mass is 16.4. The first-order chi connectivity index (χ1) is 10.2. The molecule has 4 nitrogen and oxygen atoms in total. The van der Waals surface area contributed by atoms with Gasteiger partial charge < -0.3 is 10.0 Å². The van der Waals surface area contributed by atoms with Crippen LogP contribution in [-0.4, -0.2) is 28.4 Å². The molecule has 21 heavy (non-hydrogen) atoms. The summed E-state index contributed by atoms with van der Waals surface area (Å²) in [6, 6.07) is 8.14. The van der Waals surface area contributed by atoms with E-state index in [1.54, 1.807) is 0 Å². The molecule has 0 aromatic heterocycles. The predicted molar refractivity (Wildman–Crippen MR) is 78.6 cm³/mol. The number of amides is 1. The molecular weight excluding hydrogens is 266 g/mol. The number of benzene rings is 1. The van der Waals surface area contributed by atoms with Crippen LogP contribution in [0, 0.1) is 11.8 Å². The number of aliphatic carboxylic acids is 1. The highest BCUT2D eigenvalue weighted by Crippen LogP contribution is 2.29. The van der Waals surface area contributed by atoms with E-state index in [1.165, 1.54) is 11.1 Å². The average Bonchev–Trinajstić information content (AvgIpc) is 2.53. The first-order valence-corrected chi connectivity index (χ1v) is 7.40. The lowest BCUT2D eigenvalue weighted by Gasteiger charge is -2.34. The Kier molecular flexibility index (Phi) is 3.78. The van der Waals surface area contributed by atoms with E-state index in [1.807, 2.05) is 35.3 Å². The van der Waals surface area contributed by atoms with Gasteiger partial charge in [0.2, 0.25) is 5.91 Å². The molecule has 2 aliphatic rings. The molecule has 0 saturated heterocycles. The second kappa shape index (κ2) is 5.72. The molecule has 1 amide bonds. The molecule has 1 aliphatic heterocycles. The molecule has 0 bridgehead atoms. The zero-order valence-corrected chi connectivity index (χ0v) is 11.9. The lowest BCUT2D eigenvalue weighted by Crippen LogP contribution is -2.43. The third-order valence-corrected chi connectivity index (χ3v) is 4.51. The molecule has 0 spiro atoms. The van der Waals surface area contributed by atoms with Crippen LogP contribution in [0.25, 0.3) is 0 Å². The minimum absolute atomic E-state index is 0.0127. The Morgan fingerprint density at radius 2 is 1.71 bits per heavy atom. The molecule has 0 saturated carbocycles. The van der Waals surface area contributed by atoms with E-state index < -0.39 is 17.8 Å². The first-order valence-electron chi connectivity index (χ1n) is 7.40. The van der Waals surface area contributed by atoms with Crippen molar-refractivity contribution in [2.45, 2.75) is 25.8 Å². The minimum atomic E-state index is -0.866. The van der Waals surface area contributed by atoms with Crippen LogP contribution in [0.3, 0.4) is 0 Å². The highest BCUT2D eigenvalue weighted by Gasteiger charge is 2.37. The van der Waals surface area contributed by atoms with Crippen molar-refractivity contribution in [3.05, 3.63) is 47.5 Å². The SMILES string of the molecule is O=C(O)[C@H]1CC=CC[C@H]1C(=O)N1CCc2ccccc2C1. The van der Waals surface area contributed by atoms with E-state index in [2.05, 4.69) is 6.07 Å². The summed E-state index contributed by atoms with van der Waals surface area (Å²) < 4.78 is 0. The Morgan fingerprint density at radius 3 is 2.43 bits per heavy atom. The summed E-state index contributed by atoms with van der Waals surface area (Å²) in [6.07, 6.45) is 5.64. The summed E-state index contributed by atoms with van der Waals surface area (Å²) in [5.41, 5.74) is 2.47. The van der Waals surface area contributed by atoms with Gasteiger partial charge in [-0.25, -0.2) is 0 Å². The fourth-order valence-corrected chi connectivity index (χ4v) is 3.28. The number of carboxylic acid groups (broad SMARTS) is 1. The molecule has 1 N–H and O–H groups in total. The van der Waals surface area contributed by atoms with Crippen molar-refractivity contribution >= 4 is 11.9 Å². The topological polar surface area (TPSA) is 57.6 Å². The highest BCUT2D eigenvalue weighted by molar-refractivity contribution is 5.85. The summed E-state index contributed by atoms with van der Waals surface area (Å²) >= 11 is 0. The monoisotopic (exact) mass is 285 g/mol. The maximum absolute atomic E-state index is 12.7. The summed E-state index contributed by atoms with van der Waals surface area (Å²) in [5, 5.41) is 9.31. The first kappa shape index (κ1) is 13.9. The van der Waals surface area contributed by atoms with E-state index in [4.69, 9.17) is 0 Å². The number of nitrogens with zero attached hydrogens (tertiary/aromatic N) is 1. The maximum atomic E-state index is 12.7. The van der Waals surface area contributed by atoms with Gasteiger partial charge in [-0.05, 0) is 30.4 Å². The lowest BCUT2D eigenvalue weighted by molar-refractivity contribution is -0.151. The maximum Gasteiger partial charge on any atom is 0.307 e. The fourth-order valence-electron chi connectivity index (χ4n) is 3.28. The van der Waals surface area contributed by atoms with Gasteiger partial charge in [-0.1, -0.05) is 36.4 Å². The summed E-state index contributed by atoms with van der Waals surface area (Å²) in [6.45, 7) is 1.28. The fraction of sp³-hybridized carbons (Fsp3) is 0.412. The van der Waals surface area contributed by atoms with Gasteiger partial charge in [-0.2, -0.15) is 0 Å². The predicted octanol–water partition coefficient (Wildman–Crippen LogP) is 2.24. The molecule has 0 radical (unpaired) electrons. The van der Waals surface area contributed by atoms with Crippen molar-refractivity contribution in [3.63, 3.8) is 0 Å². The van der Waals surface area contributed by atoms with Gasteiger partial charge in [0.15, 0.2) is 0 Å². The quantitative estimate of drug-likeness (QED) is 0.848. The smallest absolute Gasteiger partial charge is 0.307 e. The number of rotatable bonds is 2. The van der Waals surface area contributed by atoms with Gasteiger partial charge in [0.05, 0.1) is 11.8 Å². The summed E-state index contributed by atoms with van der Waals surface area (Å²) in [7, 11) is 0. The van der Waals surface area contributed by atoms with Crippen LogP contribution in [-0.2, 0) is 22.6 Å². The van der Waals surface area contributed by atoms with Gasteiger partial charge in [0.1, 0.15) is 0 Å². The van der Waals surface area contributed by atoms with Crippen molar-refractivity contribution in [2.75, 3.05) is 6.54 Å². The third kappa shape index (κ3) is 2.71. The molecule has 0 unspecified atom stereocenters. The number of hydrogen-bond acceptors (Lipinski definition) is 2. The van der Waals surface area contributed by atoms with Crippen LogP contribution in [0.5, 0.6) is 0 Å². The molecule has 0 fully saturated rings. The van der Waals surface area contributed by atoms with Crippen molar-refractivity contribution < 1.29 is 14.7 Å². The Hall–Kier alpha value is -2.10. The second-order valence-corrected chi connectivity index (χ2v) is 5.77. The number of carbonyl (C=O) groups excluding carboxylic acids is 1. The van der Waals surface area contributed by atoms with Crippen molar-refractivity contribution in [3.8, 4) is 0 Å². The largest absolute Gasteiger partial charge is 0.481 e. The minimum Gasteiger partial charge on any atom is -0.481 e. The molecule has 1 aromatic rings. The van der Waals surface area contributed by atoms with E-state index >= 15 is 0 Å². The van der Waals surface area contributed by atoms with Crippen LogP contribution >= 0.6 is 0 Å². The standard InChI is InChI=1S/C17H19NO3/c19-16(14-7-3-4-8-15(14)17(20)21)18-10-9-12-5-1-2-6-13(12)11-18/h1-6,14-15H,7-11H2,(H,20,21)/t14-,15+/m1/s1. The van der Waals surface area contributed by atoms with E-state index in [-0.39, 0.29) is 5.91 Å². The lowest BCUT2D eigenvalue weighted by atomic mass is 9.81. The Bertz CT molecular complexity index is 593. The van der Waals surface area contributed by atoms with Crippen molar-refractivity contribution in [1.29, 1.82) is 0 Å². The van der Waals surface area contributed by atoms with Crippen LogP contribution in [0.2, 0.25) is 0 Å². The molecule has 1 heterocycles. The molecule has 4 heteroatoms. The van der Waals surface area contributed by atoms with Gasteiger partial charge >= 0.3 is 5.97 Å². The van der Waals surface area contributed by atoms with Gasteiger partial charge in [-0.15, -0.1) is 0 Å². The van der Waals surface area contributed by atoms with Crippen LogP contribution in [0.4, 0.5) is 0 Å². The average molecular weight is 285 g/mol. The van der Waals surface area contributed by atoms with Crippen molar-refractivity contribution in [2.24, 2.45) is 11.8 Å². The van der Waals surface area contributed by atoms with Crippen LogP contribution < -0.4 is 0 Å². The molecule has 2 atom stereocenters. The molecule has 1 aliphatic carbocycles. The van der Waals surface area contributed by atoms with Crippen LogP contribution in [0.1, 0.15) is 24.0 Å². The zero-order valence-electron chi connectivity index (χ0n) is 11.9. The Balaban J connectivity index is 1.77. The normalized spacial score (nSPS) is 24.5. The molecule has 3 rings (SSSR count). The van der Waals surface area contributed by atoms with E-state index in [0.717, 1.165) is 6.42 Å². The number of fused-ring (bicyclic) bond motifs is 1. The number of carboxylic acids is 1. The molecule has 1 aromatic carbocycles. The Morgan fingerprint density at radius 1 is 1.05 bits per heavy atom. The molecular formula is C17H19NO3. The van der Waals surface area contributed by atoms with E-state index in [9.17, 15) is 14.7 Å². The Labute approximate surface area is 124 Å². The van der Waals surface area contributed by atoms with Gasteiger partial charge in [0, 0.05) is 13.1 Å². The second-order valence-electron chi connectivity index (χ2n) is 5.77. The zero-order chi connectivity index (χ0) is 14.8. The number of hydrogen-bond donors (Lipinski definition) is 1. The van der Waals surface area contributed by atoms with Crippen molar-refractivity contribution in [1.82, 2.24) is 4.90 Å². The third-order valence-electron chi connectivity index (χ3n) is 4.51.